The molecule has 2 aromatic rings. The maximum absolute atomic E-state index is 12.5. The molecule has 2 atom stereocenters. The molecule has 3 N–H and O–H groups in total. The number of quaternary nitrogens is 1. The van der Waals surface area contributed by atoms with Gasteiger partial charge in [0.2, 0.25) is 0 Å². The smallest absolute Gasteiger partial charge is 0.274 e. The number of carbonyl (C=O) groups is 1. The number of ether oxygens (including phenoxy) is 2. The Hall–Kier alpha value is -2.48. The number of rotatable bonds is 6. The lowest BCUT2D eigenvalue weighted by Gasteiger charge is -2.30. The topological polar surface area (TPSA) is 69.4 Å². The largest absolute Gasteiger partial charge is 0.373 e. The van der Waals surface area contributed by atoms with Gasteiger partial charge in [0.15, 0.2) is 0 Å². The molecule has 1 aromatic carbocycles. The van der Waals surface area contributed by atoms with Crippen LogP contribution in [0.2, 0.25) is 0 Å². The average Bonchev–Trinajstić information content (AvgIpc) is 2.79. The average molecular weight is 399 g/mol. The number of nitrogens with one attached hydrogen (secondary N) is 3. The Labute approximate surface area is 171 Å². The number of aromatic nitrogens is 1. The Bertz CT molecular complexity index is 778. The number of carbonyl (C=O) groups excluding carboxylic acids is 1. The monoisotopic (exact) mass is 398 g/mol. The maximum atomic E-state index is 12.5. The van der Waals surface area contributed by atoms with E-state index in [9.17, 15) is 4.79 Å². The summed E-state index contributed by atoms with van der Waals surface area (Å²) in [4.78, 5) is 19.5. The van der Waals surface area contributed by atoms with Crippen molar-refractivity contribution < 1.29 is 24.2 Å². The van der Waals surface area contributed by atoms with Gasteiger partial charge in [-0.15, -0.1) is 0 Å². The first-order valence-corrected chi connectivity index (χ1v) is 10.4. The summed E-state index contributed by atoms with van der Waals surface area (Å²) in [7, 11) is 0. The van der Waals surface area contributed by atoms with Gasteiger partial charge in [0.25, 0.3) is 11.7 Å². The second-order valence-corrected chi connectivity index (χ2v) is 7.63. The predicted molar refractivity (Wildman–Crippen MR) is 109 cm³/mol. The molecule has 29 heavy (non-hydrogen) atoms. The Kier molecular flexibility index (Phi) is 6.71. The molecule has 1 amide bonds. The SMILES string of the molecule is O=C(NC[C@H]1C[NH+](Cc2ccccc2)CCO1)c1ccc(N2CCOCC2)[nH+]c1. The number of anilines is 1. The van der Waals surface area contributed by atoms with E-state index in [1.54, 1.807) is 6.20 Å². The van der Waals surface area contributed by atoms with E-state index in [1.165, 1.54) is 10.5 Å². The van der Waals surface area contributed by atoms with Crippen LogP contribution in [0, 0.1) is 0 Å². The van der Waals surface area contributed by atoms with E-state index in [1.807, 2.05) is 18.2 Å². The van der Waals surface area contributed by atoms with E-state index in [0.717, 1.165) is 58.4 Å². The molecule has 0 spiro atoms. The van der Waals surface area contributed by atoms with E-state index in [4.69, 9.17) is 9.47 Å². The van der Waals surface area contributed by atoms with Gasteiger partial charge >= 0.3 is 0 Å². The molecule has 0 radical (unpaired) electrons. The van der Waals surface area contributed by atoms with Crippen molar-refractivity contribution >= 4 is 11.7 Å². The summed E-state index contributed by atoms with van der Waals surface area (Å²) in [5.41, 5.74) is 1.97. The quantitative estimate of drug-likeness (QED) is 0.692. The summed E-state index contributed by atoms with van der Waals surface area (Å²) in [6.45, 7) is 7.35. The number of H-pyrrole nitrogens is 1. The van der Waals surface area contributed by atoms with Crippen molar-refractivity contribution in [2.24, 2.45) is 0 Å². The van der Waals surface area contributed by atoms with Crippen molar-refractivity contribution in [3.8, 4) is 0 Å². The second-order valence-electron chi connectivity index (χ2n) is 7.63. The molecule has 0 aliphatic carbocycles. The summed E-state index contributed by atoms with van der Waals surface area (Å²) in [5.74, 6) is 0.939. The number of pyridine rings is 1. The molecule has 3 heterocycles. The third kappa shape index (κ3) is 5.53. The normalized spacial score (nSPS) is 22.3. The van der Waals surface area contributed by atoms with Crippen molar-refractivity contribution in [3.05, 3.63) is 59.8 Å². The molecule has 2 aliphatic heterocycles. The predicted octanol–water partition coefficient (Wildman–Crippen LogP) is -0.449. The Morgan fingerprint density at radius 1 is 1.14 bits per heavy atom. The summed E-state index contributed by atoms with van der Waals surface area (Å²) in [6.07, 6.45) is 1.82. The minimum Gasteiger partial charge on any atom is -0.373 e. The van der Waals surface area contributed by atoms with Crippen LogP contribution in [0.4, 0.5) is 5.82 Å². The second kappa shape index (κ2) is 9.82. The number of morpholine rings is 2. The van der Waals surface area contributed by atoms with E-state index in [2.05, 4.69) is 39.5 Å². The minimum absolute atomic E-state index is 0.0445. The first-order chi connectivity index (χ1) is 14.3. The van der Waals surface area contributed by atoms with Crippen LogP contribution in [-0.2, 0) is 16.0 Å². The van der Waals surface area contributed by atoms with E-state index in [-0.39, 0.29) is 12.0 Å². The first-order valence-electron chi connectivity index (χ1n) is 10.4. The zero-order valence-electron chi connectivity index (χ0n) is 16.7. The standard InChI is InChI=1S/C22H28N4O3/c27-22(19-6-7-21(23-14-19)26-9-11-28-12-10-26)24-15-20-17-25(8-13-29-20)16-18-4-2-1-3-5-18/h1-7,14,20H,8-13,15-17H2,(H,24,27)/p+2/t20-/m0/s1. The van der Waals surface area contributed by atoms with Crippen LogP contribution < -0.4 is 20.1 Å². The highest BCUT2D eigenvalue weighted by atomic mass is 16.5. The number of amides is 1. The lowest BCUT2D eigenvalue weighted by molar-refractivity contribution is -0.925. The lowest BCUT2D eigenvalue weighted by Crippen LogP contribution is -3.13. The van der Waals surface area contributed by atoms with Gasteiger partial charge in [-0.25, -0.2) is 4.98 Å². The summed E-state index contributed by atoms with van der Waals surface area (Å²) in [5, 5.41) is 3.02. The maximum Gasteiger partial charge on any atom is 0.274 e. The molecule has 2 aliphatic rings. The molecule has 154 valence electrons. The van der Waals surface area contributed by atoms with Gasteiger partial charge in [0.05, 0.1) is 25.4 Å². The highest BCUT2D eigenvalue weighted by molar-refractivity contribution is 5.93. The van der Waals surface area contributed by atoms with Crippen molar-refractivity contribution in [2.75, 3.05) is 57.4 Å². The van der Waals surface area contributed by atoms with Crippen LogP contribution in [0.3, 0.4) is 0 Å². The Morgan fingerprint density at radius 2 is 1.97 bits per heavy atom. The number of aromatic amines is 1. The molecule has 7 heteroatoms. The summed E-state index contributed by atoms with van der Waals surface area (Å²) in [6, 6.07) is 14.4. The van der Waals surface area contributed by atoms with Gasteiger partial charge < -0.3 is 19.7 Å². The zero-order chi connectivity index (χ0) is 19.9. The molecule has 2 saturated heterocycles. The van der Waals surface area contributed by atoms with Crippen LogP contribution >= 0.6 is 0 Å². The molecule has 1 unspecified atom stereocenters. The Balaban J connectivity index is 1.25. The fourth-order valence-corrected chi connectivity index (χ4v) is 3.90. The number of hydrogen-bond acceptors (Lipinski definition) is 4. The van der Waals surface area contributed by atoms with Gasteiger partial charge in [-0.2, -0.15) is 0 Å². The molecule has 2 fully saturated rings. The van der Waals surface area contributed by atoms with Crippen LogP contribution in [-0.4, -0.2) is 64.6 Å². The highest BCUT2D eigenvalue weighted by Crippen LogP contribution is 2.09. The minimum atomic E-state index is -0.0754. The molecular formula is C22H30N4O3+2. The molecule has 4 rings (SSSR count). The van der Waals surface area contributed by atoms with Crippen molar-refractivity contribution in [2.45, 2.75) is 12.6 Å². The lowest BCUT2D eigenvalue weighted by atomic mass is 10.2. The van der Waals surface area contributed by atoms with Gasteiger partial charge in [-0.3, -0.25) is 9.69 Å². The summed E-state index contributed by atoms with van der Waals surface area (Å²) >= 11 is 0. The van der Waals surface area contributed by atoms with Gasteiger partial charge in [0.1, 0.15) is 45.0 Å². The van der Waals surface area contributed by atoms with E-state index in [0.29, 0.717) is 12.1 Å². The fourth-order valence-electron chi connectivity index (χ4n) is 3.90. The van der Waals surface area contributed by atoms with Crippen LogP contribution in [0.25, 0.3) is 0 Å². The molecule has 7 nitrogen and oxygen atoms in total. The van der Waals surface area contributed by atoms with Crippen LogP contribution in [0.15, 0.2) is 48.7 Å². The first kappa shape index (κ1) is 19.8. The number of nitrogens with zero attached hydrogens (tertiary/aromatic N) is 1. The zero-order valence-corrected chi connectivity index (χ0v) is 16.7. The van der Waals surface area contributed by atoms with Crippen LogP contribution in [0.1, 0.15) is 15.9 Å². The van der Waals surface area contributed by atoms with Gasteiger partial charge in [0, 0.05) is 18.2 Å². The van der Waals surface area contributed by atoms with Crippen LogP contribution in [0.5, 0.6) is 0 Å². The molecule has 0 saturated carbocycles. The van der Waals surface area contributed by atoms with Gasteiger partial charge in [-0.1, -0.05) is 30.3 Å². The third-order valence-electron chi connectivity index (χ3n) is 5.52. The number of benzene rings is 1. The number of hydrogen-bond donors (Lipinski definition) is 2. The van der Waals surface area contributed by atoms with E-state index >= 15 is 0 Å². The third-order valence-corrected chi connectivity index (χ3v) is 5.52. The van der Waals surface area contributed by atoms with Crippen molar-refractivity contribution in [1.82, 2.24) is 5.32 Å². The van der Waals surface area contributed by atoms with E-state index < -0.39 is 0 Å². The Morgan fingerprint density at radius 3 is 2.72 bits per heavy atom. The molecular weight excluding hydrogens is 368 g/mol. The molecule has 1 aromatic heterocycles. The van der Waals surface area contributed by atoms with Gasteiger partial charge in [-0.05, 0) is 6.07 Å². The van der Waals surface area contributed by atoms with Crippen molar-refractivity contribution in [1.29, 1.82) is 0 Å². The highest BCUT2D eigenvalue weighted by Gasteiger charge is 2.25. The fraction of sp³-hybridized carbons (Fsp3) is 0.455. The van der Waals surface area contributed by atoms with Crippen molar-refractivity contribution in [3.63, 3.8) is 0 Å². The molecule has 0 bridgehead atoms. The summed E-state index contributed by atoms with van der Waals surface area (Å²) < 4.78 is 11.2.